The summed E-state index contributed by atoms with van der Waals surface area (Å²) in [5.41, 5.74) is 0.812. The molecule has 1 amide bonds. The highest BCUT2D eigenvalue weighted by Crippen LogP contribution is 2.37. The van der Waals surface area contributed by atoms with Crippen molar-refractivity contribution >= 4 is 5.91 Å². The molecule has 2 saturated heterocycles. The van der Waals surface area contributed by atoms with Gasteiger partial charge in [-0.15, -0.1) is 0 Å². The minimum atomic E-state index is -0.126. The van der Waals surface area contributed by atoms with E-state index in [-0.39, 0.29) is 24.2 Å². The minimum Gasteiger partial charge on any atom is -0.375 e. The van der Waals surface area contributed by atoms with Gasteiger partial charge in [0.15, 0.2) is 0 Å². The van der Waals surface area contributed by atoms with Crippen molar-refractivity contribution in [2.75, 3.05) is 33.4 Å². The summed E-state index contributed by atoms with van der Waals surface area (Å²) in [7, 11) is 1.55. The van der Waals surface area contributed by atoms with Gasteiger partial charge in [-0.1, -0.05) is 6.07 Å². The lowest BCUT2D eigenvalue weighted by Gasteiger charge is -2.38. The number of rotatable bonds is 5. The number of carbonyl (C=O) groups is 1. The molecule has 0 radical (unpaired) electrons. The molecule has 6 nitrogen and oxygen atoms in total. The number of hydrogen-bond acceptors (Lipinski definition) is 5. The number of carbonyl (C=O) groups excluding carboxylic acids is 1. The molecule has 1 aromatic heterocycles. The van der Waals surface area contributed by atoms with Crippen LogP contribution < -0.4 is 0 Å². The van der Waals surface area contributed by atoms with Crippen LogP contribution in [0.25, 0.3) is 0 Å². The van der Waals surface area contributed by atoms with Gasteiger partial charge < -0.3 is 19.1 Å². The van der Waals surface area contributed by atoms with E-state index in [1.807, 2.05) is 23.1 Å². The van der Waals surface area contributed by atoms with Crippen LogP contribution in [0.4, 0.5) is 0 Å². The van der Waals surface area contributed by atoms with Crippen molar-refractivity contribution in [1.82, 2.24) is 9.88 Å². The fourth-order valence-electron chi connectivity index (χ4n) is 3.32. The van der Waals surface area contributed by atoms with Crippen molar-refractivity contribution in [2.45, 2.75) is 37.6 Å². The Bertz CT molecular complexity index is 515. The van der Waals surface area contributed by atoms with Crippen molar-refractivity contribution in [3.05, 3.63) is 30.1 Å². The molecule has 2 aliphatic heterocycles. The summed E-state index contributed by atoms with van der Waals surface area (Å²) in [4.78, 5) is 18.0. The van der Waals surface area contributed by atoms with Crippen LogP contribution in [-0.2, 0) is 25.6 Å². The molecule has 0 aliphatic carbocycles. The van der Waals surface area contributed by atoms with Gasteiger partial charge in [-0.3, -0.25) is 9.78 Å². The molecule has 0 saturated carbocycles. The van der Waals surface area contributed by atoms with E-state index >= 15 is 0 Å². The van der Waals surface area contributed by atoms with Crippen LogP contribution in [0.3, 0.4) is 0 Å². The van der Waals surface area contributed by atoms with Gasteiger partial charge >= 0.3 is 0 Å². The topological polar surface area (TPSA) is 60.9 Å². The van der Waals surface area contributed by atoms with Crippen LogP contribution in [0.15, 0.2) is 24.4 Å². The average Bonchev–Trinajstić information content (AvgIpc) is 2.98. The number of nitrogens with zero attached hydrogens (tertiary/aromatic N) is 2. The molecular formula is C17H24N2O4. The third-order valence-corrected chi connectivity index (χ3v) is 4.66. The molecular weight excluding hydrogens is 296 g/mol. The van der Waals surface area contributed by atoms with E-state index < -0.39 is 0 Å². The Hall–Kier alpha value is -1.50. The fraction of sp³-hybridized carbons (Fsp3) is 0.647. The molecule has 1 unspecified atom stereocenters. The van der Waals surface area contributed by atoms with Gasteiger partial charge in [-0.2, -0.15) is 0 Å². The van der Waals surface area contributed by atoms with Crippen molar-refractivity contribution < 1.29 is 19.0 Å². The van der Waals surface area contributed by atoms with E-state index in [0.29, 0.717) is 13.2 Å². The van der Waals surface area contributed by atoms with Crippen molar-refractivity contribution in [2.24, 2.45) is 0 Å². The minimum absolute atomic E-state index is 0.0586. The first kappa shape index (κ1) is 16.4. The highest BCUT2D eigenvalue weighted by atomic mass is 16.6. The zero-order valence-electron chi connectivity index (χ0n) is 13.6. The Morgan fingerprint density at radius 3 is 2.96 bits per heavy atom. The van der Waals surface area contributed by atoms with E-state index in [1.165, 1.54) is 0 Å². The second-order valence-corrected chi connectivity index (χ2v) is 6.27. The van der Waals surface area contributed by atoms with Gasteiger partial charge in [0.1, 0.15) is 6.61 Å². The van der Waals surface area contributed by atoms with Crippen LogP contribution >= 0.6 is 0 Å². The normalized spacial score (nSPS) is 23.3. The summed E-state index contributed by atoms with van der Waals surface area (Å²) >= 11 is 0. The second kappa shape index (κ2) is 7.38. The molecule has 2 aliphatic rings. The van der Waals surface area contributed by atoms with Gasteiger partial charge in [0.05, 0.1) is 30.6 Å². The van der Waals surface area contributed by atoms with E-state index in [2.05, 4.69) is 4.98 Å². The number of pyridine rings is 1. The number of likely N-dealkylation sites (tertiary alicyclic amines) is 1. The number of methoxy groups -OCH3 is 1. The molecule has 0 N–H and O–H groups in total. The Morgan fingerprint density at radius 1 is 1.43 bits per heavy atom. The molecule has 0 aromatic carbocycles. The molecule has 6 heteroatoms. The number of aromatic nitrogens is 1. The highest BCUT2D eigenvalue weighted by molar-refractivity contribution is 5.77. The van der Waals surface area contributed by atoms with Crippen LogP contribution in [0.1, 0.15) is 25.0 Å². The van der Waals surface area contributed by atoms with Gasteiger partial charge in [0.25, 0.3) is 0 Å². The zero-order chi connectivity index (χ0) is 16.1. The summed E-state index contributed by atoms with van der Waals surface area (Å²) in [5, 5.41) is 0. The SMILES string of the molecule is COCC(=O)N1CCC2(CC1)CC(OCc1ccccn1)CO2. The second-order valence-electron chi connectivity index (χ2n) is 6.27. The largest absolute Gasteiger partial charge is 0.375 e. The summed E-state index contributed by atoms with van der Waals surface area (Å²) in [5.74, 6) is 0.0586. The Kier molecular flexibility index (Phi) is 5.25. The first-order valence-electron chi connectivity index (χ1n) is 8.13. The molecule has 23 heavy (non-hydrogen) atoms. The summed E-state index contributed by atoms with van der Waals surface area (Å²) in [6, 6.07) is 5.83. The molecule has 0 bridgehead atoms. The maximum atomic E-state index is 11.9. The standard InChI is InChI=1S/C17H24N2O4/c1-21-13-16(20)19-8-5-17(6-9-19)10-15(12-23-17)22-11-14-4-2-3-7-18-14/h2-4,7,15H,5-6,8-13H2,1H3. The van der Waals surface area contributed by atoms with Crippen molar-refractivity contribution in [3.8, 4) is 0 Å². The van der Waals surface area contributed by atoms with E-state index in [9.17, 15) is 4.79 Å². The zero-order valence-corrected chi connectivity index (χ0v) is 13.6. The maximum Gasteiger partial charge on any atom is 0.248 e. The summed E-state index contributed by atoms with van der Waals surface area (Å²) < 4.78 is 16.9. The lowest BCUT2D eigenvalue weighted by atomic mass is 9.88. The summed E-state index contributed by atoms with van der Waals surface area (Å²) in [6.07, 6.45) is 4.51. The molecule has 126 valence electrons. The van der Waals surface area contributed by atoms with E-state index in [1.54, 1.807) is 13.3 Å². The lowest BCUT2D eigenvalue weighted by Crippen LogP contribution is -2.47. The monoisotopic (exact) mass is 320 g/mol. The third-order valence-electron chi connectivity index (χ3n) is 4.66. The Labute approximate surface area is 136 Å². The first-order valence-corrected chi connectivity index (χ1v) is 8.13. The number of amides is 1. The number of ether oxygens (including phenoxy) is 3. The predicted molar refractivity (Wildman–Crippen MR) is 83.8 cm³/mol. The van der Waals surface area contributed by atoms with Gasteiger partial charge in [-0.05, 0) is 25.0 Å². The van der Waals surface area contributed by atoms with E-state index in [0.717, 1.165) is 38.0 Å². The van der Waals surface area contributed by atoms with Crippen molar-refractivity contribution in [1.29, 1.82) is 0 Å². The lowest BCUT2D eigenvalue weighted by molar-refractivity contribution is -0.139. The van der Waals surface area contributed by atoms with E-state index in [4.69, 9.17) is 14.2 Å². The Balaban J connectivity index is 1.45. The Morgan fingerprint density at radius 2 is 2.26 bits per heavy atom. The molecule has 2 fully saturated rings. The highest BCUT2D eigenvalue weighted by Gasteiger charge is 2.43. The molecule has 1 aromatic rings. The average molecular weight is 320 g/mol. The maximum absolute atomic E-state index is 11.9. The first-order chi connectivity index (χ1) is 11.2. The van der Waals surface area contributed by atoms with Crippen LogP contribution in [-0.4, -0.2) is 60.9 Å². The molecule has 3 heterocycles. The van der Waals surface area contributed by atoms with Gasteiger partial charge in [-0.25, -0.2) is 0 Å². The van der Waals surface area contributed by atoms with Crippen LogP contribution in [0.2, 0.25) is 0 Å². The van der Waals surface area contributed by atoms with Crippen molar-refractivity contribution in [3.63, 3.8) is 0 Å². The van der Waals surface area contributed by atoms with Crippen LogP contribution in [0.5, 0.6) is 0 Å². The van der Waals surface area contributed by atoms with Gasteiger partial charge in [0, 0.05) is 32.8 Å². The molecule has 1 atom stereocenters. The summed E-state index contributed by atoms with van der Waals surface area (Å²) in [6.45, 7) is 2.76. The molecule has 1 spiro atoms. The third kappa shape index (κ3) is 4.07. The predicted octanol–water partition coefficient (Wildman–Crippen LogP) is 1.39. The smallest absolute Gasteiger partial charge is 0.248 e. The fourth-order valence-corrected chi connectivity index (χ4v) is 3.32. The quantitative estimate of drug-likeness (QED) is 0.820. The molecule has 3 rings (SSSR count). The number of hydrogen-bond donors (Lipinski definition) is 0. The van der Waals surface area contributed by atoms with Crippen LogP contribution in [0, 0.1) is 0 Å². The van der Waals surface area contributed by atoms with Gasteiger partial charge in [0.2, 0.25) is 5.91 Å². The number of piperidine rings is 1.